The number of fused-ring (bicyclic) bond motifs is 3. The Bertz CT molecular complexity index is 748. The smallest absolute Gasteiger partial charge is 0.245 e. The normalized spacial score (nSPS) is 33.8. The highest BCUT2D eigenvalue weighted by molar-refractivity contribution is 5.91. The van der Waals surface area contributed by atoms with E-state index in [9.17, 15) is 9.59 Å². The first kappa shape index (κ1) is 18.0. The Morgan fingerprint density at radius 1 is 0.964 bits per heavy atom. The van der Waals surface area contributed by atoms with Crippen LogP contribution < -0.4 is 4.74 Å². The zero-order valence-electron chi connectivity index (χ0n) is 16.7. The summed E-state index contributed by atoms with van der Waals surface area (Å²) >= 11 is 0. The Hall–Kier alpha value is -2.04. The minimum absolute atomic E-state index is 0.0432. The van der Waals surface area contributed by atoms with Crippen LogP contribution in [-0.4, -0.2) is 53.9 Å². The number of amides is 2. The largest absolute Gasteiger partial charge is 0.497 e. The van der Waals surface area contributed by atoms with Crippen molar-refractivity contribution in [1.82, 2.24) is 9.80 Å². The molecule has 2 amide bonds. The molecule has 0 radical (unpaired) electrons. The van der Waals surface area contributed by atoms with E-state index in [-0.39, 0.29) is 29.8 Å². The molecule has 5 aliphatic rings. The molecule has 5 nitrogen and oxygen atoms in total. The lowest BCUT2D eigenvalue weighted by atomic mass is 9.73. The number of hydrogen-bond acceptors (Lipinski definition) is 3. The standard InChI is InChI=1S/C23H30N2O3/c1-28-18-10-6-15(7-11-18)19-14-20(19)22(26)25-17-8-4-16(5-9-17)21(25)23(27)24-12-2-3-13-24/h6-7,10-11,16-17,19-21H,2-5,8-9,12-14H2,1H3/t16?,17?,19?,20?,21-/m0/s1. The van der Waals surface area contributed by atoms with Gasteiger partial charge in [0.25, 0.3) is 0 Å². The van der Waals surface area contributed by atoms with Gasteiger partial charge in [-0.2, -0.15) is 0 Å². The van der Waals surface area contributed by atoms with Gasteiger partial charge in [-0.25, -0.2) is 0 Å². The Morgan fingerprint density at radius 3 is 2.29 bits per heavy atom. The molecule has 6 rings (SSSR count). The van der Waals surface area contributed by atoms with Crippen LogP contribution in [-0.2, 0) is 9.59 Å². The fourth-order valence-corrected chi connectivity index (χ4v) is 5.79. The Balaban J connectivity index is 1.34. The topological polar surface area (TPSA) is 49.9 Å². The van der Waals surface area contributed by atoms with E-state index >= 15 is 0 Å². The summed E-state index contributed by atoms with van der Waals surface area (Å²) in [5.74, 6) is 2.00. The maximum absolute atomic E-state index is 13.5. The van der Waals surface area contributed by atoms with Crippen LogP contribution in [0.1, 0.15) is 56.4 Å². The average molecular weight is 383 g/mol. The maximum Gasteiger partial charge on any atom is 0.245 e. The summed E-state index contributed by atoms with van der Waals surface area (Å²) in [6.07, 6.45) is 7.45. The lowest BCUT2D eigenvalue weighted by Gasteiger charge is -2.51. The van der Waals surface area contributed by atoms with Crippen LogP contribution in [0, 0.1) is 11.8 Å². The third-order valence-electron chi connectivity index (χ3n) is 7.46. The fraction of sp³-hybridized carbons (Fsp3) is 0.652. The van der Waals surface area contributed by atoms with Gasteiger partial charge in [0.2, 0.25) is 11.8 Å². The van der Waals surface area contributed by atoms with E-state index in [1.807, 2.05) is 21.9 Å². The van der Waals surface area contributed by atoms with Crippen molar-refractivity contribution in [2.24, 2.45) is 11.8 Å². The van der Waals surface area contributed by atoms with Gasteiger partial charge >= 0.3 is 0 Å². The summed E-state index contributed by atoms with van der Waals surface area (Å²) in [5.41, 5.74) is 1.21. The average Bonchev–Trinajstić information content (AvgIpc) is 3.36. The van der Waals surface area contributed by atoms with Crippen molar-refractivity contribution in [1.29, 1.82) is 0 Å². The third kappa shape index (κ3) is 2.99. The number of piperidine rings is 2. The molecule has 3 heterocycles. The van der Waals surface area contributed by atoms with E-state index in [2.05, 4.69) is 12.1 Å². The number of carbonyl (C=O) groups is 2. The second kappa shape index (κ2) is 7.09. The number of benzene rings is 1. The summed E-state index contributed by atoms with van der Waals surface area (Å²) in [6, 6.07) is 8.16. The first-order valence-electron chi connectivity index (χ1n) is 10.9. The number of methoxy groups -OCH3 is 1. The van der Waals surface area contributed by atoms with Crippen molar-refractivity contribution in [3.63, 3.8) is 0 Å². The molecule has 0 N–H and O–H groups in total. The number of hydrogen-bond donors (Lipinski definition) is 0. The van der Waals surface area contributed by atoms with Gasteiger partial charge in [0, 0.05) is 25.0 Å². The summed E-state index contributed by atoms with van der Waals surface area (Å²) in [7, 11) is 1.67. The summed E-state index contributed by atoms with van der Waals surface area (Å²) in [4.78, 5) is 30.9. The van der Waals surface area contributed by atoms with Crippen LogP contribution in [0.3, 0.4) is 0 Å². The highest BCUT2D eigenvalue weighted by Crippen LogP contribution is 2.51. The van der Waals surface area contributed by atoms with Crippen molar-refractivity contribution in [2.45, 2.75) is 62.9 Å². The lowest BCUT2D eigenvalue weighted by Crippen LogP contribution is -2.63. The monoisotopic (exact) mass is 382 g/mol. The van der Waals surface area contributed by atoms with Gasteiger partial charge in [0.1, 0.15) is 11.8 Å². The van der Waals surface area contributed by atoms with E-state index in [0.29, 0.717) is 11.8 Å². The van der Waals surface area contributed by atoms with Gasteiger partial charge in [-0.05, 0) is 74.5 Å². The SMILES string of the molecule is COc1ccc(C2CC2C(=O)N2C3CCC(CC3)[C@H]2C(=O)N2CCCC2)cc1. The molecule has 0 aromatic heterocycles. The third-order valence-corrected chi connectivity index (χ3v) is 7.46. The molecular weight excluding hydrogens is 352 g/mol. The van der Waals surface area contributed by atoms with Crippen molar-refractivity contribution < 1.29 is 14.3 Å². The lowest BCUT2D eigenvalue weighted by molar-refractivity contribution is -0.159. The summed E-state index contributed by atoms with van der Waals surface area (Å²) in [6.45, 7) is 1.74. The van der Waals surface area contributed by atoms with E-state index < -0.39 is 0 Å². The summed E-state index contributed by atoms with van der Waals surface area (Å²) < 4.78 is 5.24. The predicted molar refractivity (Wildman–Crippen MR) is 106 cm³/mol. The van der Waals surface area contributed by atoms with Gasteiger partial charge in [-0.3, -0.25) is 9.59 Å². The fourth-order valence-electron chi connectivity index (χ4n) is 5.79. The number of nitrogens with zero attached hydrogens (tertiary/aromatic N) is 2. The molecule has 150 valence electrons. The van der Waals surface area contributed by atoms with Gasteiger partial charge in [0.05, 0.1) is 7.11 Å². The maximum atomic E-state index is 13.5. The molecule has 3 saturated heterocycles. The second-order valence-corrected chi connectivity index (χ2v) is 9.01. The molecule has 5 heteroatoms. The van der Waals surface area contributed by atoms with Crippen LogP contribution in [0.4, 0.5) is 0 Å². The zero-order chi connectivity index (χ0) is 19.3. The highest BCUT2D eigenvalue weighted by atomic mass is 16.5. The Labute approximate surface area is 167 Å². The molecule has 3 aliphatic heterocycles. The molecule has 1 aromatic carbocycles. The quantitative estimate of drug-likeness (QED) is 0.804. The number of ether oxygens (including phenoxy) is 1. The molecular formula is C23H30N2O3. The zero-order valence-corrected chi connectivity index (χ0v) is 16.7. The first-order chi connectivity index (χ1) is 13.7. The second-order valence-electron chi connectivity index (χ2n) is 9.01. The predicted octanol–water partition coefficient (Wildman–Crippen LogP) is 3.19. The van der Waals surface area contributed by atoms with E-state index in [1.54, 1.807) is 7.11 Å². The molecule has 2 saturated carbocycles. The van der Waals surface area contributed by atoms with Gasteiger partial charge < -0.3 is 14.5 Å². The van der Waals surface area contributed by atoms with Crippen LogP contribution in [0.2, 0.25) is 0 Å². The van der Waals surface area contributed by atoms with Crippen LogP contribution in [0.25, 0.3) is 0 Å². The van der Waals surface area contributed by atoms with Crippen LogP contribution >= 0.6 is 0 Å². The van der Waals surface area contributed by atoms with Gasteiger partial charge in [-0.15, -0.1) is 0 Å². The van der Waals surface area contributed by atoms with E-state index in [0.717, 1.165) is 63.8 Å². The van der Waals surface area contributed by atoms with Crippen molar-refractivity contribution in [2.75, 3.05) is 20.2 Å². The Morgan fingerprint density at radius 2 is 1.64 bits per heavy atom. The van der Waals surface area contributed by atoms with Gasteiger partial charge in [-0.1, -0.05) is 12.1 Å². The molecule has 28 heavy (non-hydrogen) atoms. The number of rotatable bonds is 4. The van der Waals surface area contributed by atoms with Crippen LogP contribution in [0.15, 0.2) is 24.3 Å². The first-order valence-corrected chi connectivity index (χ1v) is 10.9. The molecule has 1 aromatic rings. The van der Waals surface area contributed by atoms with Crippen molar-refractivity contribution >= 4 is 11.8 Å². The molecule has 2 aliphatic carbocycles. The van der Waals surface area contributed by atoms with Crippen molar-refractivity contribution in [3.05, 3.63) is 29.8 Å². The molecule has 3 atom stereocenters. The molecule has 2 unspecified atom stereocenters. The molecule has 2 bridgehead atoms. The minimum atomic E-state index is -0.199. The van der Waals surface area contributed by atoms with Crippen molar-refractivity contribution in [3.8, 4) is 5.75 Å². The summed E-state index contributed by atoms with van der Waals surface area (Å²) in [5, 5.41) is 0. The number of likely N-dealkylation sites (tertiary alicyclic amines) is 1. The van der Waals surface area contributed by atoms with E-state index in [4.69, 9.17) is 4.74 Å². The minimum Gasteiger partial charge on any atom is -0.497 e. The number of carbonyl (C=O) groups excluding carboxylic acids is 2. The Kier molecular flexibility index (Phi) is 4.56. The molecule has 5 fully saturated rings. The van der Waals surface area contributed by atoms with E-state index in [1.165, 1.54) is 5.56 Å². The highest BCUT2D eigenvalue weighted by Gasteiger charge is 2.54. The van der Waals surface area contributed by atoms with Gasteiger partial charge in [0.15, 0.2) is 0 Å². The van der Waals surface area contributed by atoms with Crippen LogP contribution in [0.5, 0.6) is 5.75 Å². The molecule has 0 spiro atoms.